The molecule has 4 N–H and O–H groups in total. The second-order valence-electron chi connectivity index (χ2n) is 4.37. The number of hydrogen-bond donors (Lipinski definition) is 3. The summed E-state index contributed by atoms with van der Waals surface area (Å²) >= 11 is 5.92. The number of rotatable bonds is 6. The second-order valence-corrected chi connectivity index (χ2v) is 6.54. The lowest BCUT2D eigenvalue weighted by atomic mass is 10.2. The Labute approximate surface area is 118 Å². The number of hydrogen-bond acceptors (Lipinski definition) is 4. The van der Waals surface area contributed by atoms with Gasteiger partial charge in [-0.2, -0.15) is 0 Å². The van der Waals surface area contributed by atoms with Crippen LogP contribution < -0.4 is 10.5 Å². The van der Waals surface area contributed by atoms with E-state index in [0.29, 0.717) is 29.1 Å². The summed E-state index contributed by atoms with van der Waals surface area (Å²) in [7, 11) is -3.65. The smallest absolute Gasteiger partial charge is 0.240 e. The van der Waals surface area contributed by atoms with E-state index in [1.165, 1.54) is 12.1 Å². The molecule has 19 heavy (non-hydrogen) atoms. The van der Waals surface area contributed by atoms with Gasteiger partial charge in [0.1, 0.15) is 0 Å². The average Bonchev–Trinajstić information content (AvgIpc) is 2.34. The molecule has 0 heterocycles. The number of sulfonamides is 1. The van der Waals surface area contributed by atoms with Gasteiger partial charge in [0.05, 0.1) is 11.0 Å². The average molecular weight is 307 g/mol. The summed E-state index contributed by atoms with van der Waals surface area (Å²) in [6.07, 6.45) is 0.449. The van der Waals surface area contributed by atoms with Gasteiger partial charge in [0.25, 0.3) is 0 Å². The Morgan fingerprint density at radius 1 is 1.47 bits per heavy atom. The molecule has 7 heteroatoms. The fourth-order valence-electron chi connectivity index (χ4n) is 1.48. The van der Waals surface area contributed by atoms with Crippen molar-refractivity contribution in [3.05, 3.63) is 22.7 Å². The van der Waals surface area contributed by atoms with Gasteiger partial charge >= 0.3 is 0 Å². The molecule has 0 aliphatic carbocycles. The topological polar surface area (TPSA) is 92.4 Å². The van der Waals surface area contributed by atoms with Crippen LogP contribution in [0.5, 0.6) is 0 Å². The van der Waals surface area contributed by atoms with Gasteiger partial charge in [0.15, 0.2) is 0 Å². The van der Waals surface area contributed by atoms with Crippen molar-refractivity contribution in [2.45, 2.75) is 37.7 Å². The lowest BCUT2D eigenvalue weighted by molar-refractivity contribution is 0.162. The second kappa shape index (κ2) is 6.56. The number of benzene rings is 1. The molecule has 5 nitrogen and oxygen atoms in total. The van der Waals surface area contributed by atoms with Gasteiger partial charge in [0.2, 0.25) is 10.0 Å². The van der Waals surface area contributed by atoms with E-state index in [-0.39, 0.29) is 11.4 Å². The van der Waals surface area contributed by atoms with Crippen molar-refractivity contribution >= 4 is 27.3 Å². The zero-order chi connectivity index (χ0) is 14.6. The molecule has 0 bridgehead atoms. The van der Waals surface area contributed by atoms with Gasteiger partial charge in [-0.05, 0) is 37.5 Å². The maximum absolute atomic E-state index is 12.0. The predicted octanol–water partition coefficient (Wildman–Crippen LogP) is 1.67. The van der Waals surface area contributed by atoms with Crippen LogP contribution in [0.4, 0.5) is 5.69 Å². The molecule has 1 unspecified atom stereocenters. The number of halogens is 1. The van der Waals surface area contributed by atoms with E-state index in [1.54, 1.807) is 6.92 Å². The van der Waals surface area contributed by atoms with Crippen LogP contribution in [0.15, 0.2) is 17.0 Å². The van der Waals surface area contributed by atoms with Crippen LogP contribution in [0, 0.1) is 6.92 Å². The summed E-state index contributed by atoms with van der Waals surface area (Å²) in [4.78, 5) is 0.0339. The van der Waals surface area contributed by atoms with Gasteiger partial charge < -0.3 is 10.8 Å². The Balaban J connectivity index is 2.83. The zero-order valence-electron chi connectivity index (χ0n) is 11.0. The molecule has 0 fully saturated rings. The Kier molecular flexibility index (Phi) is 5.61. The first-order valence-corrected chi connectivity index (χ1v) is 7.87. The molecular weight excluding hydrogens is 288 g/mol. The minimum Gasteiger partial charge on any atom is -0.398 e. The highest BCUT2D eigenvalue weighted by Crippen LogP contribution is 2.25. The molecule has 0 saturated carbocycles. The van der Waals surface area contributed by atoms with E-state index >= 15 is 0 Å². The van der Waals surface area contributed by atoms with Gasteiger partial charge in [-0.15, -0.1) is 0 Å². The lowest BCUT2D eigenvalue weighted by Crippen LogP contribution is -2.27. The number of aliphatic hydroxyl groups excluding tert-OH is 1. The fraction of sp³-hybridized carbons (Fsp3) is 0.500. The highest BCUT2D eigenvalue weighted by Gasteiger charge is 2.16. The van der Waals surface area contributed by atoms with Crippen LogP contribution in [0.3, 0.4) is 0 Å². The number of nitrogens with one attached hydrogen (secondary N) is 1. The van der Waals surface area contributed by atoms with E-state index in [9.17, 15) is 13.5 Å². The Hall–Kier alpha value is -0.820. The van der Waals surface area contributed by atoms with Crippen LogP contribution in [0.1, 0.15) is 25.3 Å². The molecule has 0 radical (unpaired) electrons. The van der Waals surface area contributed by atoms with Crippen LogP contribution in [-0.2, 0) is 10.0 Å². The van der Waals surface area contributed by atoms with Crippen LogP contribution >= 0.6 is 11.6 Å². The summed E-state index contributed by atoms with van der Waals surface area (Å²) in [5, 5.41) is 9.69. The molecule has 0 spiro atoms. The third kappa shape index (κ3) is 4.35. The lowest BCUT2D eigenvalue weighted by Gasteiger charge is -2.11. The molecule has 1 atom stereocenters. The van der Waals surface area contributed by atoms with Crippen LogP contribution in [0.25, 0.3) is 0 Å². The van der Waals surface area contributed by atoms with Gasteiger partial charge in [0, 0.05) is 17.3 Å². The molecule has 1 aromatic carbocycles. The minimum absolute atomic E-state index is 0.0339. The van der Waals surface area contributed by atoms with Gasteiger partial charge in [-0.25, -0.2) is 13.1 Å². The predicted molar refractivity (Wildman–Crippen MR) is 76.7 cm³/mol. The highest BCUT2D eigenvalue weighted by molar-refractivity contribution is 7.89. The number of aliphatic hydroxyl groups is 1. The number of anilines is 1. The highest BCUT2D eigenvalue weighted by atomic mass is 35.5. The quantitative estimate of drug-likeness (QED) is 0.697. The third-order valence-corrected chi connectivity index (χ3v) is 4.74. The largest absolute Gasteiger partial charge is 0.398 e. The third-order valence-electron chi connectivity index (χ3n) is 2.91. The molecule has 108 valence electrons. The van der Waals surface area contributed by atoms with E-state index in [4.69, 9.17) is 17.3 Å². The minimum atomic E-state index is -3.65. The molecule has 0 amide bonds. The number of nitrogen functional groups attached to an aromatic ring is 1. The van der Waals surface area contributed by atoms with Crippen molar-refractivity contribution in [3.63, 3.8) is 0 Å². The molecule has 0 aliphatic heterocycles. The fourth-order valence-corrected chi connectivity index (χ4v) is 2.88. The molecule has 0 saturated heterocycles. The Bertz CT molecular complexity index is 523. The first kappa shape index (κ1) is 16.2. The van der Waals surface area contributed by atoms with Crippen LogP contribution in [-0.4, -0.2) is 26.2 Å². The van der Waals surface area contributed by atoms with E-state index in [1.807, 2.05) is 6.92 Å². The summed E-state index contributed by atoms with van der Waals surface area (Å²) < 4.78 is 26.4. The summed E-state index contributed by atoms with van der Waals surface area (Å²) in [6, 6.07) is 2.74. The van der Waals surface area contributed by atoms with Crippen molar-refractivity contribution in [2.75, 3.05) is 12.3 Å². The molecular formula is C12H19ClN2O3S. The first-order valence-electron chi connectivity index (χ1n) is 6.01. The Morgan fingerprint density at radius 3 is 2.63 bits per heavy atom. The maximum atomic E-state index is 12.0. The van der Waals surface area contributed by atoms with Gasteiger partial charge in [-0.3, -0.25) is 0 Å². The van der Waals surface area contributed by atoms with Crippen molar-refractivity contribution in [3.8, 4) is 0 Å². The number of nitrogens with two attached hydrogens (primary N) is 1. The van der Waals surface area contributed by atoms with Crippen molar-refractivity contribution in [1.29, 1.82) is 0 Å². The Morgan fingerprint density at radius 2 is 2.11 bits per heavy atom. The monoisotopic (exact) mass is 306 g/mol. The van der Waals surface area contributed by atoms with E-state index in [0.717, 1.165) is 0 Å². The van der Waals surface area contributed by atoms with Crippen LogP contribution in [0.2, 0.25) is 5.02 Å². The standard InChI is InChI=1S/C12H19ClN2O3S/c1-3-9(16)4-5-15-19(17,18)10-6-11(13)8(2)12(14)7-10/h6-7,9,15-16H,3-5,14H2,1-2H3. The van der Waals surface area contributed by atoms with Gasteiger partial charge in [-0.1, -0.05) is 18.5 Å². The summed E-state index contributed by atoms with van der Waals surface area (Å²) in [5.41, 5.74) is 6.69. The SMILES string of the molecule is CCC(O)CCNS(=O)(=O)c1cc(N)c(C)c(Cl)c1. The molecule has 1 rings (SSSR count). The molecule has 1 aromatic rings. The van der Waals surface area contributed by atoms with Crippen molar-refractivity contribution in [1.82, 2.24) is 4.72 Å². The molecule has 0 aliphatic rings. The van der Waals surface area contributed by atoms with E-state index < -0.39 is 16.1 Å². The van der Waals surface area contributed by atoms with E-state index in [2.05, 4.69) is 4.72 Å². The first-order chi connectivity index (χ1) is 8.77. The summed E-state index contributed by atoms with van der Waals surface area (Å²) in [6.45, 7) is 3.72. The summed E-state index contributed by atoms with van der Waals surface area (Å²) in [5.74, 6) is 0. The van der Waals surface area contributed by atoms with Crippen molar-refractivity contribution < 1.29 is 13.5 Å². The van der Waals surface area contributed by atoms with Crippen molar-refractivity contribution in [2.24, 2.45) is 0 Å². The zero-order valence-corrected chi connectivity index (χ0v) is 12.6. The molecule has 0 aromatic heterocycles. The maximum Gasteiger partial charge on any atom is 0.240 e. The normalized spacial score (nSPS) is 13.5.